The molecule has 3 heterocycles. The minimum atomic E-state index is -0.694. The molecule has 0 aliphatic rings. The Kier molecular flexibility index (Phi) is 5.06. The summed E-state index contributed by atoms with van der Waals surface area (Å²) < 4.78 is 1.42. The molecule has 142 valence electrons. The van der Waals surface area contributed by atoms with E-state index < -0.39 is 5.54 Å². The standard InChI is InChI=1S/C18H22N6O3/c1-18(2,10-26)23-15-14-11(3-4-24(5-6-25)16(14)27)7-13(22-15)12-8-20-17(19)21-9-12/h3-4,7-9,25-26H,5-6,10H2,1-2H3,(H,22,23)(H2,19,20,21). The lowest BCUT2D eigenvalue weighted by atomic mass is 10.1. The Morgan fingerprint density at radius 1 is 1.26 bits per heavy atom. The maximum Gasteiger partial charge on any atom is 0.262 e. The van der Waals surface area contributed by atoms with E-state index in [1.54, 1.807) is 44.6 Å². The number of aromatic nitrogens is 4. The van der Waals surface area contributed by atoms with Gasteiger partial charge in [0.15, 0.2) is 0 Å². The number of rotatable bonds is 6. The van der Waals surface area contributed by atoms with Crippen LogP contribution in [0.1, 0.15) is 13.8 Å². The van der Waals surface area contributed by atoms with Crippen molar-refractivity contribution in [3.63, 3.8) is 0 Å². The van der Waals surface area contributed by atoms with E-state index in [2.05, 4.69) is 20.3 Å². The van der Waals surface area contributed by atoms with E-state index in [0.29, 0.717) is 27.8 Å². The molecule has 0 unspecified atom stereocenters. The summed E-state index contributed by atoms with van der Waals surface area (Å²) in [6, 6.07) is 3.55. The van der Waals surface area contributed by atoms with Crippen molar-refractivity contribution in [2.45, 2.75) is 25.9 Å². The fourth-order valence-electron chi connectivity index (χ4n) is 2.66. The second-order valence-electron chi connectivity index (χ2n) is 6.86. The number of aliphatic hydroxyl groups is 2. The molecule has 3 rings (SSSR count). The summed E-state index contributed by atoms with van der Waals surface area (Å²) in [6.07, 6.45) is 4.75. The maximum absolute atomic E-state index is 12.9. The minimum Gasteiger partial charge on any atom is -0.395 e. The zero-order valence-corrected chi connectivity index (χ0v) is 15.2. The number of pyridine rings is 2. The average Bonchev–Trinajstić information content (AvgIpc) is 2.64. The van der Waals surface area contributed by atoms with Crippen LogP contribution >= 0.6 is 0 Å². The highest BCUT2D eigenvalue weighted by Crippen LogP contribution is 2.27. The molecule has 0 atom stereocenters. The molecule has 0 aliphatic carbocycles. The third-order valence-electron chi connectivity index (χ3n) is 4.12. The van der Waals surface area contributed by atoms with Gasteiger partial charge in [-0.15, -0.1) is 0 Å². The third kappa shape index (κ3) is 3.88. The summed E-state index contributed by atoms with van der Waals surface area (Å²) in [6.45, 7) is 3.49. The Balaban J connectivity index is 2.25. The van der Waals surface area contributed by atoms with E-state index in [1.807, 2.05) is 0 Å². The smallest absolute Gasteiger partial charge is 0.262 e. The third-order valence-corrected chi connectivity index (χ3v) is 4.12. The quantitative estimate of drug-likeness (QED) is 0.495. The van der Waals surface area contributed by atoms with Crippen LogP contribution in [0.5, 0.6) is 0 Å². The zero-order valence-electron chi connectivity index (χ0n) is 15.2. The van der Waals surface area contributed by atoms with Crippen molar-refractivity contribution < 1.29 is 10.2 Å². The molecule has 9 nitrogen and oxygen atoms in total. The average molecular weight is 370 g/mol. The van der Waals surface area contributed by atoms with Crippen molar-refractivity contribution in [1.29, 1.82) is 0 Å². The van der Waals surface area contributed by atoms with Crippen LogP contribution in [0.4, 0.5) is 11.8 Å². The van der Waals surface area contributed by atoms with Gasteiger partial charge in [-0.1, -0.05) is 0 Å². The number of fused-ring (bicyclic) bond motifs is 1. The first-order valence-corrected chi connectivity index (χ1v) is 8.46. The highest BCUT2D eigenvalue weighted by molar-refractivity contribution is 5.94. The Hall–Kier alpha value is -3.04. The van der Waals surface area contributed by atoms with Gasteiger partial charge in [-0.3, -0.25) is 4.79 Å². The number of hydrogen-bond acceptors (Lipinski definition) is 8. The highest BCUT2D eigenvalue weighted by Gasteiger charge is 2.21. The van der Waals surface area contributed by atoms with E-state index in [9.17, 15) is 15.0 Å². The molecule has 0 saturated heterocycles. The summed E-state index contributed by atoms with van der Waals surface area (Å²) in [5.74, 6) is 0.502. The predicted molar refractivity (Wildman–Crippen MR) is 103 cm³/mol. The molecular formula is C18H22N6O3. The molecule has 3 aromatic rings. The molecule has 0 bridgehead atoms. The van der Waals surface area contributed by atoms with Crippen LogP contribution in [-0.4, -0.2) is 48.5 Å². The van der Waals surface area contributed by atoms with Gasteiger partial charge < -0.3 is 25.8 Å². The Morgan fingerprint density at radius 2 is 1.96 bits per heavy atom. The first-order chi connectivity index (χ1) is 12.8. The van der Waals surface area contributed by atoms with Crippen LogP contribution < -0.4 is 16.6 Å². The van der Waals surface area contributed by atoms with E-state index in [0.717, 1.165) is 0 Å². The molecule has 0 aliphatic heterocycles. The van der Waals surface area contributed by atoms with Crippen molar-refractivity contribution in [3.05, 3.63) is 41.1 Å². The molecule has 0 aromatic carbocycles. The van der Waals surface area contributed by atoms with Gasteiger partial charge in [0.05, 0.1) is 29.8 Å². The molecule has 3 aromatic heterocycles. The number of nitrogen functional groups attached to an aromatic ring is 1. The van der Waals surface area contributed by atoms with Crippen LogP contribution in [-0.2, 0) is 6.54 Å². The second-order valence-corrected chi connectivity index (χ2v) is 6.86. The maximum atomic E-state index is 12.9. The highest BCUT2D eigenvalue weighted by atomic mass is 16.3. The van der Waals surface area contributed by atoms with Crippen LogP contribution in [0.15, 0.2) is 35.5 Å². The molecule has 0 amide bonds. The minimum absolute atomic E-state index is 0.148. The van der Waals surface area contributed by atoms with Crippen molar-refractivity contribution in [2.24, 2.45) is 0 Å². The van der Waals surface area contributed by atoms with Crippen molar-refractivity contribution >= 4 is 22.5 Å². The van der Waals surface area contributed by atoms with E-state index in [4.69, 9.17) is 5.73 Å². The lowest BCUT2D eigenvalue weighted by molar-refractivity contribution is 0.234. The van der Waals surface area contributed by atoms with Gasteiger partial charge in [0.25, 0.3) is 5.56 Å². The topological polar surface area (TPSA) is 139 Å². The lowest BCUT2D eigenvalue weighted by Crippen LogP contribution is -2.36. The fraction of sp³-hybridized carbons (Fsp3) is 0.333. The molecule has 9 heteroatoms. The van der Waals surface area contributed by atoms with Gasteiger partial charge >= 0.3 is 0 Å². The van der Waals surface area contributed by atoms with Crippen molar-refractivity contribution in [2.75, 3.05) is 24.3 Å². The largest absolute Gasteiger partial charge is 0.395 e. The summed E-state index contributed by atoms with van der Waals surface area (Å²) >= 11 is 0. The molecule has 27 heavy (non-hydrogen) atoms. The molecule has 0 radical (unpaired) electrons. The zero-order chi connectivity index (χ0) is 19.6. The van der Waals surface area contributed by atoms with Crippen molar-refractivity contribution in [3.8, 4) is 11.3 Å². The van der Waals surface area contributed by atoms with Gasteiger partial charge in [-0.05, 0) is 31.4 Å². The van der Waals surface area contributed by atoms with Crippen LogP contribution in [0.3, 0.4) is 0 Å². The first-order valence-electron chi connectivity index (χ1n) is 8.46. The Morgan fingerprint density at radius 3 is 2.59 bits per heavy atom. The number of anilines is 2. The molecule has 0 saturated carbocycles. The van der Waals surface area contributed by atoms with Gasteiger partial charge in [0.2, 0.25) is 5.95 Å². The van der Waals surface area contributed by atoms with Gasteiger partial charge in [0, 0.05) is 30.7 Å². The second kappa shape index (κ2) is 7.29. The van der Waals surface area contributed by atoms with E-state index >= 15 is 0 Å². The number of aliphatic hydroxyl groups excluding tert-OH is 2. The van der Waals surface area contributed by atoms with E-state index in [-0.39, 0.29) is 31.3 Å². The van der Waals surface area contributed by atoms with Crippen LogP contribution in [0.25, 0.3) is 22.0 Å². The lowest BCUT2D eigenvalue weighted by Gasteiger charge is -2.25. The van der Waals surface area contributed by atoms with Gasteiger partial charge in [-0.2, -0.15) is 0 Å². The number of hydrogen-bond donors (Lipinski definition) is 4. The molecular weight excluding hydrogens is 348 g/mol. The number of nitrogens with two attached hydrogens (primary N) is 1. The monoisotopic (exact) mass is 370 g/mol. The van der Waals surface area contributed by atoms with E-state index in [1.165, 1.54) is 4.57 Å². The summed E-state index contributed by atoms with van der Waals surface area (Å²) in [7, 11) is 0. The number of nitrogens with zero attached hydrogens (tertiary/aromatic N) is 4. The Labute approximate surface area is 155 Å². The molecule has 5 N–H and O–H groups in total. The van der Waals surface area contributed by atoms with Gasteiger partial charge in [0.1, 0.15) is 5.82 Å². The molecule has 0 fully saturated rings. The van der Waals surface area contributed by atoms with Crippen LogP contribution in [0.2, 0.25) is 0 Å². The van der Waals surface area contributed by atoms with Gasteiger partial charge in [-0.25, -0.2) is 15.0 Å². The predicted octanol–water partition coefficient (Wildman–Crippen LogP) is 0.611. The molecule has 0 spiro atoms. The first kappa shape index (κ1) is 18.7. The Bertz CT molecular complexity index is 1010. The normalized spacial score (nSPS) is 11.7. The summed E-state index contributed by atoms with van der Waals surface area (Å²) in [5, 5.41) is 23.0. The number of nitrogens with one attached hydrogen (secondary N) is 1. The SMILES string of the molecule is CC(C)(CO)Nc1nc(-c2cnc(N)nc2)cc2ccn(CCO)c(=O)c12. The van der Waals surface area contributed by atoms with Crippen LogP contribution in [0, 0.1) is 0 Å². The van der Waals surface area contributed by atoms with Crippen molar-refractivity contribution in [1.82, 2.24) is 19.5 Å². The summed E-state index contributed by atoms with van der Waals surface area (Å²) in [4.78, 5) is 25.4. The summed E-state index contributed by atoms with van der Waals surface area (Å²) in [5.41, 5.74) is 5.79. The fourth-order valence-corrected chi connectivity index (χ4v) is 2.66.